The summed E-state index contributed by atoms with van der Waals surface area (Å²) in [4.78, 5) is 4.36. The van der Waals surface area contributed by atoms with Crippen molar-refractivity contribution >= 4 is 11.6 Å². The molecular weight excluding hydrogens is 326 g/mol. The molecule has 0 bridgehead atoms. The topological polar surface area (TPSA) is 68.9 Å². The first kappa shape index (κ1) is 17.4. The number of benzene rings is 3. The summed E-state index contributed by atoms with van der Waals surface area (Å²) in [7, 11) is 1.63. The number of hydrogen-bond acceptors (Lipinski definition) is 3. The molecule has 0 heterocycles. The summed E-state index contributed by atoms with van der Waals surface area (Å²) in [5.74, 6) is 2.75. The Bertz CT molecular complexity index is 845. The van der Waals surface area contributed by atoms with E-state index in [-0.39, 0.29) is 0 Å². The highest BCUT2D eigenvalue weighted by Crippen LogP contribution is 2.21. The third-order valence-electron chi connectivity index (χ3n) is 3.70. The van der Waals surface area contributed by atoms with Crippen molar-refractivity contribution in [1.29, 1.82) is 0 Å². The van der Waals surface area contributed by atoms with Crippen LogP contribution in [0.1, 0.15) is 5.56 Å². The van der Waals surface area contributed by atoms with Gasteiger partial charge in [-0.1, -0.05) is 30.3 Å². The Kier molecular flexibility index (Phi) is 5.72. The standard InChI is InChI=1S/C21H21N3O2/c1-25-18-13-9-17(10-14-18)24-21(22)23-15-16-7-11-20(12-8-16)26-19-5-3-2-4-6-19/h2-14H,15H2,1H3,(H3,22,23,24). The van der Waals surface area contributed by atoms with Crippen LogP contribution in [0.25, 0.3) is 0 Å². The lowest BCUT2D eigenvalue weighted by Gasteiger charge is -2.07. The van der Waals surface area contributed by atoms with Crippen LogP contribution in [-0.4, -0.2) is 13.1 Å². The van der Waals surface area contributed by atoms with Gasteiger partial charge in [-0.2, -0.15) is 0 Å². The molecule has 5 heteroatoms. The van der Waals surface area contributed by atoms with Gasteiger partial charge in [-0.25, -0.2) is 4.99 Å². The molecule has 3 rings (SSSR count). The monoisotopic (exact) mass is 347 g/mol. The van der Waals surface area contributed by atoms with Crippen LogP contribution >= 0.6 is 0 Å². The Labute approximate surface area is 153 Å². The second-order valence-corrected chi connectivity index (χ2v) is 5.61. The molecule has 0 unspecified atom stereocenters. The molecule has 0 amide bonds. The van der Waals surface area contributed by atoms with Crippen molar-refractivity contribution < 1.29 is 9.47 Å². The van der Waals surface area contributed by atoms with E-state index in [1.807, 2.05) is 78.9 Å². The van der Waals surface area contributed by atoms with Crippen LogP contribution in [0.2, 0.25) is 0 Å². The number of anilines is 1. The highest BCUT2D eigenvalue weighted by Gasteiger charge is 1.99. The third-order valence-corrected chi connectivity index (χ3v) is 3.70. The number of aliphatic imine (C=N–C) groups is 1. The van der Waals surface area contributed by atoms with E-state index in [0.29, 0.717) is 12.5 Å². The molecule has 0 saturated carbocycles. The average molecular weight is 347 g/mol. The number of guanidine groups is 1. The van der Waals surface area contributed by atoms with E-state index in [2.05, 4.69) is 10.3 Å². The van der Waals surface area contributed by atoms with E-state index >= 15 is 0 Å². The van der Waals surface area contributed by atoms with Gasteiger partial charge in [0.05, 0.1) is 13.7 Å². The maximum atomic E-state index is 5.94. The fourth-order valence-corrected chi connectivity index (χ4v) is 2.33. The summed E-state index contributed by atoms with van der Waals surface area (Å²) in [6.07, 6.45) is 0. The molecule has 0 saturated heterocycles. The van der Waals surface area contributed by atoms with E-state index in [1.165, 1.54) is 0 Å². The van der Waals surface area contributed by atoms with Crippen molar-refractivity contribution in [2.24, 2.45) is 10.7 Å². The van der Waals surface area contributed by atoms with E-state index in [1.54, 1.807) is 7.11 Å². The SMILES string of the molecule is COc1ccc(NC(N)=NCc2ccc(Oc3ccccc3)cc2)cc1. The molecule has 0 atom stereocenters. The van der Waals surface area contributed by atoms with Gasteiger partial charge in [0.25, 0.3) is 0 Å². The van der Waals surface area contributed by atoms with Gasteiger partial charge in [0, 0.05) is 5.69 Å². The Balaban J connectivity index is 1.55. The normalized spacial score (nSPS) is 11.0. The first-order valence-electron chi connectivity index (χ1n) is 8.26. The van der Waals surface area contributed by atoms with Gasteiger partial charge < -0.3 is 20.5 Å². The molecule has 3 aromatic rings. The number of nitrogens with two attached hydrogens (primary N) is 1. The summed E-state index contributed by atoms with van der Waals surface area (Å²) in [6, 6.07) is 25.0. The molecule has 132 valence electrons. The van der Waals surface area contributed by atoms with Gasteiger partial charge in [0.1, 0.15) is 17.2 Å². The minimum Gasteiger partial charge on any atom is -0.497 e. The Morgan fingerprint density at radius 1 is 0.846 bits per heavy atom. The minimum atomic E-state index is 0.361. The summed E-state index contributed by atoms with van der Waals surface area (Å²) in [6.45, 7) is 0.487. The van der Waals surface area contributed by atoms with Gasteiger partial charge in [0.15, 0.2) is 5.96 Å². The third kappa shape index (κ3) is 5.01. The van der Waals surface area contributed by atoms with Crippen LogP contribution in [0.4, 0.5) is 5.69 Å². The fourth-order valence-electron chi connectivity index (χ4n) is 2.33. The lowest BCUT2D eigenvalue weighted by Crippen LogP contribution is -2.22. The highest BCUT2D eigenvalue weighted by molar-refractivity contribution is 5.92. The molecule has 0 aliphatic carbocycles. The van der Waals surface area contributed by atoms with E-state index in [4.69, 9.17) is 15.2 Å². The van der Waals surface area contributed by atoms with Crippen molar-refractivity contribution in [3.8, 4) is 17.2 Å². The molecule has 0 aromatic heterocycles. The molecule has 5 nitrogen and oxygen atoms in total. The zero-order valence-corrected chi connectivity index (χ0v) is 14.6. The van der Waals surface area contributed by atoms with Gasteiger partial charge in [-0.15, -0.1) is 0 Å². The summed E-state index contributed by atoms with van der Waals surface area (Å²) in [5.41, 5.74) is 7.85. The molecule has 26 heavy (non-hydrogen) atoms. The van der Waals surface area contributed by atoms with Gasteiger partial charge >= 0.3 is 0 Å². The quantitative estimate of drug-likeness (QED) is 0.512. The number of methoxy groups -OCH3 is 1. The van der Waals surface area contributed by atoms with E-state index in [0.717, 1.165) is 28.5 Å². The molecule has 3 N–H and O–H groups in total. The number of para-hydroxylation sites is 1. The molecule has 0 spiro atoms. The van der Waals surface area contributed by atoms with Gasteiger partial charge in [-0.05, 0) is 54.1 Å². The van der Waals surface area contributed by atoms with Crippen molar-refractivity contribution in [2.75, 3.05) is 12.4 Å². The van der Waals surface area contributed by atoms with Crippen molar-refractivity contribution in [2.45, 2.75) is 6.54 Å². The van der Waals surface area contributed by atoms with Crippen LogP contribution < -0.4 is 20.5 Å². The zero-order chi connectivity index (χ0) is 18.2. The Hall–Kier alpha value is -3.47. The maximum absolute atomic E-state index is 5.94. The molecule has 0 aliphatic rings. The number of rotatable bonds is 6. The lowest BCUT2D eigenvalue weighted by molar-refractivity contribution is 0.415. The fraction of sp³-hybridized carbons (Fsp3) is 0.0952. The zero-order valence-electron chi connectivity index (χ0n) is 14.6. The second-order valence-electron chi connectivity index (χ2n) is 5.61. The van der Waals surface area contributed by atoms with E-state index in [9.17, 15) is 0 Å². The number of nitrogens with one attached hydrogen (secondary N) is 1. The van der Waals surface area contributed by atoms with Gasteiger partial charge in [-0.3, -0.25) is 0 Å². The van der Waals surface area contributed by atoms with Crippen molar-refractivity contribution in [1.82, 2.24) is 0 Å². The lowest BCUT2D eigenvalue weighted by atomic mass is 10.2. The predicted molar refractivity (Wildman–Crippen MR) is 105 cm³/mol. The molecular formula is C21H21N3O2. The van der Waals surface area contributed by atoms with Crippen LogP contribution in [-0.2, 0) is 6.54 Å². The van der Waals surface area contributed by atoms with Crippen molar-refractivity contribution in [3.63, 3.8) is 0 Å². The van der Waals surface area contributed by atoms with Gasteiger partial charge in [0.2, 0.25) is 0 Å². The molecule has 0 fully saturated rings. The first-order chi connectivity index (χ1) is 12.7. The second kappa shape index (κ2) is 8.58. The average Bonchev–Trinajstić information content (AvgIpc) is 2.69. The first-order valence-corrected chi connectivity index (χ1v) is 8.26. The maximum Gasteiger partial charge on any atom is 0.193 e. The van der Waals surface area contributed by atoms with Crippen LogP contribution in [0.15, 0.2) is 83.9 Å². The van der Waals surface area contributed by atoms with Crippen LogP contribution in [0.3, 0.4) is 0 Å². The molecule has 0 radical (unpaired) electrons. The predicted octanol–water partition coefficient (Wildman–Crippen LogP) is 4.41. The largest absolute Gasteiger partial charge is 0.497 e. The Morgan fingerprint density at radius 3 is 2.12 bits per heavy atom. The Morgan fingerprint density at radius 2 is 1.46 bits per heavy atom. The van der Waals surface area contributed by atoms with Crippen LogP contribution in [0, 0.1) is 0 Å². The molecule has 0 aliphatic heterocycles. The van der Waals surface area contributed by atoms with Crippen molar-refractivity contribution in [3.05, 3.63) is 84.4 Å². The van der Waals surface area contributed by atoms with E-state index < -0.39 is 0 Å². The minimum absolute atomic E-state index is 0.361. The summed E-state index contributed by atoms with van der Waals surface area (Å²) < 4.78 is 10.9. The number of ether oxygens (including phenoxy) is 2. The van der Waals surface area contributed by atoms with Crippen LogP contribution in [0.5, 0.6) is 17.2 Å². The number of hydrogen-bond donors (Lipinski definition) is 2. The number of nitrogens with zero attached hydrogens (tertiary/aromatic N) is 1. The summed E-state index contributed by atoms with van der Waals surface area (Å²) >= 11 is 0. The smallest absolute Gasteiger partial charge is 0.193 e. The molecule has 3 aromatic carbocycles. The summed E-state index contributed by atoms with van der Waals surface area (Å²) in [5, 5.41) is 3.06. The highest BCUT2D eigenvalue weighted by atomic mass is 16.5.